The van der Waals surface area contributed by atoms with E-state index in [0.29, 0.717) is 28.9 Å². The first kappa shape index (κ1) is 21.7. The van der Waals surface area contributed by atoms with Gasteiger partial charge in [-0.05, 0) is 62.1 Å². The fraction of sp³-hybridized carbons (Fsp3) is 0.160. The molecule has 1 heterocycles. The third kappa shape index (κ3) is 4.88. The molecule has 3 aromatic carbocycles. The summed E-state index contributed by atoms with van der Waals surface area (Å²) in [5.41, 5.74) is 3.13. The Morgan fingerprint density at radius 1 is 0.906 bits per heavy atom. The van der Waals surface area contributed by atoms with E-state index in [1.165, 1.54) is 0 Å². The van der Waals surface area contributed by atoms with E-state index >= 15 is 0 Å². The minimum absolute atomic E-state index is 0.0401. The summed E-state index contributed by atoms with van der Waals surface area (Å²) in [6.07, 6.45) is 0. The lowest BCUT2D eigenvalue weighted by Crippen LogP contribution is -2.34. The molecular formula is C25H23ClN4O2. The van der Waals surface area contributed by atoms with Gasteiger partial charge >= 0.3 is 0 Å². The van der Waals surface area contributed by atoms with Crippen LogP contribution in [0.2, 0.25) is 5.02 Å². The molecule has 32 heavy (non-hydrogen) atoms. The third-order valence-corrected chi connectivity index (χ3v) is 5.53. The molecule has 4 rings (SSSR count). The van der Waals surface area contributed by atoms with Crippen LogP contribution in [0, 0.1) is 0 Å². The molecule has 162 valence electrons. The number of nitrogens with one attached hydrogen (secondary N) is 1. The Hall–Kier alpha value is -3.48. The van der Waals surface area contributed by atoms with Crippen LogP contribution in [0.25, 0.3) is 22.9 Å². The highest BCUT2D eigenvalue weighted by Crippen LogP contribution is 2.26. The second kappa shape index (κ2) is 9.77. The second-order valence-corrected chi connectivity index (χ2v) is 7.97. The third-order valence-electron chi connectivity index (χ3n) is 5.18. The monoisotopic (exact) mass is 446 g/mol. The van der Waals surface area contributed by atoms with Crippen molar-refractivity contribution in [2.45, 2.75) is 6.04 Å². The molecule has 0 aliphatic heterocycles. The number of carbonyl (C=O) groups is 1. The van der Waals surface area contributed by atoms with Gasteiger partial charge in [0, 0.05) is 28.3 Å². The van der Waals surface area contributed by atoms with Gasteiger partial charge < -0.3 is 14.6 Å². The van der Waals surface area contributed by atoms with Crippen molar-refractivity contribution in [3.05, 3.63) is 95.0 Å². The molecule has 0 saturated carbocycles. The summed E-state index contributed by atoms with van der Waals surface area (Å²) >= 11 is 6.35. The van der Waals surface area contributed by atoms with Crippen molar-refractivity contribution in [1.29, 1.82) is 0 Å². The second-order valence-electron chi connectivity index (χ2n) is 7.57. The summed E-state index contributed by atoms with van der Waals surface area (Å²) in [4.78, 5) is 14.7. The number of hydrogen-bond acceptors (Lipinski definition) is 5. The normalized spacial score (nSPS) is 12.0. The van der Waals surface area contributed by atoms with Gasteiger partial charge in [-0.1, -0.05) is 48.0 Å². The van der Waals surface area contributed by atoms with E-state index < -0.39 is 0 Å². The predicted molar refractivity (Wildman–Crippen MR) is 125 cm³/mol. The van der Waals surface area contributed by atoms with Crippen molar-refractivity contribution in [2.75, 3.05) is 20.6 Å². The molecule has 7 heteroatoms. The minimum atomic E-state index is -0.161. The van der Waals surface area contributed by atoms with Crippen LogP contribution in [0.1, 0.15) is 22.0 Å². The van der Waals surface area contributed by atoms with E-state index in [0.717, 1.165) is 16.7 Å². The molecule has 0 spiro atoms. The van der Waals surface area contributed by atoms with Crippen molar-refractivity contribution >= 4 is 17.5 Å². The quantitative estimate of drug-likeness (QED) is 0.428. The average Bonchev–Trinajstić information content (AvgIpc) is 3.31. The van der Waals surface area contributed by atoms with Crippen LogP contribution in [-0.4, -0.2) is 41.6 Å². The summed E-state index contributed by atoms with van der Waals surface area (Å²) in [6.45, 7) is 0.432. The number of amides is 1. The maximum absolute atomic E-state index is 12.7. The number of hydrogen-bond donors (Lipinski definition) is 1. The van der Waals surface area contributed by atoms with Crippen LogP contribution < -0.4 is 5.32 Å². The molecule has 4 aromatic rings. The molecule has 1 aromatic heterocycles. The zero-order chi connectivity index (χ0) is 22.5. The van der Waals surface area contributed by atoms with E-state index in [-0.39, 0.29) is 11.9 Å². The Bertz CT molecular complexity index is 1190. The molecule has 0 bridgehead atoms. The van der Waals surface area contributed by atoms with Crippen molar-refractivity contribution in [3.63, 3.8) is 0 Å². The fourth-order valence-electron chi connectivity index (χ4n) is 3.41. The van der Waals surface area contributed by atoms with E-state index in [1.807, 2.05) is 73.6 Å². The zero-order valence-electron chi connectivity index (χ0n) is 17.8. The SMILES string of the molecule is CN(C)C(CNC(=O)c1ccc(-c2nnc(-c3ccccc3)o2)cc1)c1ccccc1Cl. The number of likely N-dealkylation sites (N-methyl/N-ethyl adjacent to an activating group) is 1. The topological polar surface area (TPSA) is 71.3 Å². The molecule has 0 aliphatic rings. The Labute approximate surface area is 191 Å². The van der Waals surface area contributed by atoms with Crippen LogP contribution in [0.3, 0.4) is 0 Å². The van der Waals surface area contributed by atoms with E-state index in [1.54, 1.807) is 24.3 Å². The Balaban J connectivity index is 1.43. The highest BCUT2D eigenvalue weighted by molar-refractivity contribution is 6.31. The van der Waals surface area contributed by atoms with Gasteiger partial charge in [-0.3, -0.25) is 4.79 Å². The van der Waals surface area contributed by atoms with Crippen molar-refractivity contribution < 1.29 is 9.21 Å². The van der Waals surface area contributed by atoms with Crippen molar-refractivity contribution in [1.82, 2.24) is 20.4 Å². The van der Waals surface area contributed by atoms with Gasteiger partial charge in [0.2, 0.25) is 11.8 Å². The molecule has 0 radical (unpaired) electrons. The highest BCUT2D eigenvalue weighted by Gasteiger charge is 2.18. The number of benzene rings is 3. The van der Waals surface area contributed by atoms with Crippen molar-refractivity contribution in [2.24, 2.45) is 0 Å². The fourth-order valence-corrected chi connectivity index (χ4v) is 3.67. The Morgan fingerprint density at radius 2 is 1.50 bits per heavy atom. The number of carbonyl (C=O) groups excluding carboxylic acids is 1. The Kier molecular flexibility index (Phi) is 6.63. The number of aromatic nitrogens is 2. The highest BCUT2D eigenvalue weighted by atomic mass is 35.5. The molecule has 1 atom stereocenters. The first-order valence-corrected chi connectivity index (χ1v) is 10.6. The zero-order valence-corrected chi connectivity index (χ0v) is 18.6. The summed E-state index contributed by atoms with van der Waals surface area (Å²) in [5, 5.41) is 11.9. The lowest BCUT2D eigenvalue weighted by Gasteiger charge is -2.26. The van der Waals surface area contributed by atoms with E-state index in [4.69, 9.17) is 16.0 Å². The number of nitrogens with zero attached hydrogens (tertiary/aromatic N) is 3. The van der Waals surface area contributed by atoms with Gasteiger partial charge in [-0.25, -0.2) is 0 Å². The molecule has 1 unspecified atom stereocenters. The van der Waals surface area contributed by atoms with Crippen molar-refractivity contribution in [3.8, 4) is 22.9 Å². The lowest BCUT2D eigenvalue weighted by molar-refractivity contribution is 0.0942. The first-order valence-electron chi connectivity index (χ1n) is 10.2. The van der Waals surface area contributed by atoms with E-state index in [9.17, 15) is 4.79 Å². The molecular weight excluding hydrogens is 424 g/mol. The first-order chi connectivity index (χ1) is 15.5. The largest absolute Gasteiger partial charge is 0.416 e. The van der Waals surface area contributed by atoms with Crippen LogP contribution in [0.4, 0.5) is 0 Å². The van der Waals surface area contributed by atoms with Gasteiger partial charge in [-0.2, -0.15) is 0 Å². The smallest absolute Gasteiger partial charge is 0.251 e. The van der Waals surface area contributed by atoms with Gasteiger partial charge in [0.15, 0.2) is 0 Å². The maximum atomic E-state index is 12.7. The molecule has 0 fully saturated rings. The lowest BCUT2D eigenvalue weighted by atomic mass is 10.1. The summed E-state index contributed by atoms with van der Waals surface area (Å²) < 4.78 is 5.78. The van der Waals surface area contributed by atoms with Gasteiger partial charge in [0.25, 0.3) is 5.91 Å². The van der Waals surface area contributed by atoms with Gasteiger partial charge in [-0.15, -0.1) is 10.2 Å². The summed E-state index contributed by atoms with van der Waals surface area (Å²) in [6, 6.07) is 24.3. The molecule has 0 saturated heterocycles. The average molecular weight is 447 g/mol. The molecule has 0 aliphatic carbocycles. The maximum Gasteiger partial charge on any atom is 0.251 e. The van der Waals surface area contributed by atoms with Crippen LogP contribution in [-0.2, 0) is 0 Å². The number of rotatable bonds is 7. The molecule has 6 nitrogen and oxygen atoms in total. The predicted octanol–water partition coefficient (Wildman–Crippen LogP) is 5.09. The minimum Gasteiger partial charge on any atom is -0.416 e. The Morgan fingerprint density at radius 3 is 2.12 bits per heavy atom. The van der Waals surface area contributed by atoms with Gasteiger partial charge in [0.1, 0.15) is 0 Å². The van der Waals surface area contributed by atoms with E-state index in [2.05, 4.69) is 15.5 Å². The summed E-state index contributed by atoms with van der Waals surface area (Å²) in [5.74, 6) is 0.699. The molecule has 1 amide bonds. The van der Waals surface area contributed by atoms with Crippen LogP contribution >= 0.6 is 11.6 Å². The standard InChI is InChI=1S/C25H23ClN4O2/c1-30(2)22(20-10-6-7-11-21(20)26)16-27-23(31)17-12-14-19(15-13-17)25-29-28-24(32-25)18-8-4-3-5-9-18/h3-15,22H,16H2,1-2H3,(H,27,31). The van der Waals surface area contributed by atoms with Crippen LogP contribution in [0.5, 0.6) is 0 Å². The molecule has 1 N–H and O–H groups in total. The van der Waals surface area contributed by atoms with Gasteiger partial charge in [0.05, 0.1) is 6.04 Å². The number of halogens is 1. The summed E-state index contributed by atoms with van der Waals surface area (Å²) in [7, 11) is 3.92. The van der Waals surface area contributed by atoms with Crippen LogP contribution in [0.15, 0.2) is 83.3 Å².